The van der Waals surface area contributed by atoms with E-state index in [2.05, 4.69) is 15.4 Å². The van der Waals surface area contributed by atoms with Crippen LogP contribution in [0.25, 0.3) is 10.9 Å². The Bertz CT molecular complexity index is 1140. The number of carbonyl (C=O) groups excluding carboxylic acids is 1. The average molecular weight is 462 g/mol. The number of ether oxygens (including phenoxy) is 2. The van der Waals surface area contributed by atoms with E-state index in [1.807, 2.05) is 10.9 Å². The van der Waals surface area contributed by atoms with Gasteiger partial charge in [-0.2, -0.15) is 18.3 Å². The van der Waals surface area contributed by atoms with E-state index in [4.69, 9.17) is 9.47 Å². The maximum absolute atomic E-state index is 12.9. The number of methoxy groups -OCH3 is 2. The SMILES string of the molecule is COC[C@H]1CC[C@H](n2cc3cc(NC(=O)c4cccc(C(F)(F)F)n4)c(OC)cc3n2)CC1. The molecular weight excluding hydrogens is 437 g/mol. The van der Waals surface area contributed by atoms with Gasteiger partial charge in [-0.05, 0) is 49.8 Å². The van der Waals surface area contributed by atoms with Gasteiger partial charge >= 0.3 is 6.18 Å². The van der Waals surface area contributed by atoms with E-state index in [1.54, 1.807) is 19.2 Å². The topological polar surface area (TPSA) is 78.3 Å². The molecule has 3 aromatic rings. The molecule has 0 atom stereocenters. The second-order valence-corrected chi connectivity index (χ2v) is 8.21. The number of benzene rings is 1. The molecule has 1 N–H and O–H groups in total. The van der Waals surface area contributed by atoms with Gasteiger partial charge in [0.05, 0.1) is 24.4 Å². The molecule has 0 spiro atoms. The zero-order valence-electron chi connectivity index (χ0n) is 18.4. The normalized spacial score (nSPS) is 18.9. The number of pyridine rings is 1. The van der Waals surface area contributed by atoms with Crippen molar-refractivity contribution in [1.29, 1.82) is 0 Å². The highest BCUT2D eigenvalue weighted by Gasteiger charge is 2.33. The third-order valence-electron chi connectivity index (χ3n) is 5.96. The number of alkyl halides is 3. The van der Waals surface area contributed by atoms with Crippen molar-refractivity contribution < 1.29 is 27.4 Å². The highest BCUT2D eigenvalue weighted by Crippen LogP contribution is 2.35. The van der Waals surface area contributed by atoms with Crippen molar-refractivity contribution in [3.63, 3.8) is 0 Å². The predicted molar refractivity (Wildman–Crippen MR) is 116 cm³/mol. The van der Waals surface area contributed by atoms with E-state index in [1.165, 1.54) is 13.2 Å². The molecule has 0 aliphatic heterocycles. The summed E-state index contributed by atoms with van der Waals surface area (Å²) >= 11 is 0. The minimum Gasteiger partial charge on any atom is -0.494 e. The van der Waals surface area contributed by atoms with Gasteiger partial charge in [-0.1, -0.05) is 6.07 Å². The second-order valence-electron chi connectivity index (χ2n) is 8.21. The summed E-state index contributed by atoms with van der Waals surface area (Å²) in [7, 11) is 3.17. The zero-order valence-corrected chi connectivity index (χ0v) is 18.4. The van der Waals surface area contributed by atoms with Crippen molar-refractivity contribution in [2.45, 2.75) is 37.9 Å². The molecule has 10 heteroatoms. The van der Waals surface area contributed by atoms with Gasteiger partial charge in [0.2, 0.25) is 0 Å². The average Bonchev–Trinajstić information content (AvgIpc) is 3.21. The Kier molecular flexibility index (Phi) is 6.55. The van der Waals surface area contributed by atoms with E-state index in [0.29, 0.717) is 22.9 Å². The summed E-state index contributed by atoms with van der Waals surface area (Å²) in [6.45, 7) is 0.773. The lowest BCUT2D eigenvalue weighted by Gasteiger charge is -2.28. The van der Waals surface area contributed by atoms with E-state index < -0.39 is 17.8 Å². The highest BCUT2D eigenvalue weighted by molar-refractivity contribution is 6.05. The minimum atomic E-state index is -4.63. The van der Waals surface area contributed by atoms with Crippen LogP contribution < -0.4 is 10.1 Å². The van der Waals surface area contributed by atoms with Crippen LogP contribution in [0.15, 0.2) is 36.5 Å². The van der Waals surface area contributed by atoms with E-state index >= 15 is 0 Å². The minimum absolute atomic E-state index is 0.281. The van der Waals surface area contributed by atoms with Crippen molar-refractivity contribution >= 4 is 22.5 Å². The Hall–Kier alpha value is -3.14. The highest BCUT2D eigenvalue weighted by atomic mass is 19.4. The molecular formula is C23H25F3N4O3. The number of fused-ring (bicyclic) bond motifs is 1. The molecule has 0 saturated heterocycles. The fourth-order valence-electron chi connectivity index (χ4n) is 4.24. The molecule has 1 aliphatic rings. The molecule has 0 unspecified atom stereocenters. The van der Waals surface area contributed by atoms with E-state index in [-0.39, 0.29) is 11.7 Å². The Morgan fingerprint density at radius 1 is 1.18 bits per heavy atom. The maximum Gasteiger partial charge on any atom is 0.433 e. The number of nitrogens with one attached hydrogen (secondary N) is 1. The van der Waals surface area contributed by atoms with Gasteiger partial charge in [-0.3, -0.25) is 9.48 Å². The van der Waals surface area contributed by atoms with Crippen molar-refractivity contribution in [3.8, 4) is 5.75 Å². The number of carbonyl (C=O) groups is 1. The number of hydrogen-bond donors (Lipinski definition) is 1. The van der Waals surface area contributed by atoms with Crippen molar-refractivity contribution in [2.75, 3.05) is 26.1 Å². The van der Waals surface area contributed by atoms with Crippen molar-refractivity contribution in [3.05, 3.63) is 47.9 Å². The summed E-state index contributed by atoms with van der Waals surface area (Å²) in [6, 6.07) is 6.89. The quantitative estimate of drug-likeness (QED) is 0.552. The second kappa shape index (κ2) is 9.38. The number of aromatic nitrogens is 3. The van der Waals surface area contributed by atoms with Gasteiger partial charge in [-0.15, -0.1) is 0 Å². The van der Waals surface area contributed by atoms with Crippen LogP contribution >= 0.6 is 0 Å². The van der Waals surface area contributed by atoms with Crippen LogP contribution in [0, 0.1) is 5.92 Å². The molecule has 0 radical (unpaired) electrons. The predicted octanol–water partition coefficient (Wildman–Crippen LogP) is 5.09. The molecule has 176 valence electrons. The van der Waals surface area contributed by atoms with Crippen LogP contribution in [0.5, 0.6) is 5.75 Å². The molecule has 1 aliphatic carbocycles. The summed E-state index contributed by atoms with van der Waals surface area (Å²) in [6.07, 6.45) is 1.44. The van der Waals surface area contributed by atoms with Gasteiger partial charge in [0, 0.05) is 31.4 Å². The zero-order chi connectivity index (χ0) is 23.6. The molecule has 1 aromatic carbocycles. The first-order valence-corrected chi connectivity index (χ1v) is 10.7. The fraction of sp³-hybridized carbons (Fsp3) is 0.435. The summed E-state index contributed by atoms with van der Waals surface area (Å²) < 4.78 is 51.4. The van der Waals surface area contributed by atoms with Crippen LogP contribution in [-0.2, 0) is 10.9 Å². The monoisotopic (exact) mass is 462 g/mol. The smallest absolute Gasteiger partial charge is 0.433 e. The fourth-order valence-corrected chi connectivity index (χ4v) is 4.24. The van der Waals surface area contributed by atoms with E-state index in [9.17, 15) is 18.0 Å². The van der Waals surface area contributed by atoms with Crippen LogP contribution in [0.4, 0.5) is 18.9 Å². The van der Waals surface area contributed by atoms with Crippen LogP contribution in [0.3, 0.4) is 0 Å². The third-order valence-corrected chi connectivity index (χ3v) is 5.96. The van der Waals surface area contributed by atoms with E-state index in [0.717, 1.165) is 49.8 Å². The Balaban J connectivity index is 1.55. The van der Waals surface area contributed by atoms with Crippen LogP contribution in [0.2, 0.25) is 0 Å². The molecule has 1 fully saturated rings. The van der Waals surface area contributed by atoms with Crippen LogP contribution in [0.1, 0.15) is 47.9 Å². The van der Waals surface area contributed by atoms with Gasteiger partial charge in [0.15, 0.2) is 0 Å². The van der Waals surface area contributed by atoms with Crippen molar-refractivity contribution in [2.24, 2.45) is 5.92 Å². The van der Waals surface area contributed by atoms with Gasteiger partial charge in [-0.25, -0.2) is 4.98 Å². The lowest BCUT2D eigenvalue weighted by Crippen LogP contribution is -2.21. The number of halogens is 3. The summed E-state index contributed by atoms with van der Waals surface area (Å²) in [5, 5.41) is 8.09. The molecule has 0 bridgehead atoms. The largest absolute Gasteiger partial charge is 0.494 e. The van der Waals surface area contributed by atoms with Gasteiger partial charge in [0.25, 0.3) is 5.91 Å². The number of rotatable bonds is 6. The lowest BCUT2D eigenvalue weighted by molar-refractivity contribution is -0.141. The molecule has 33 heavy (non-hydrogen) atoms. The Morgan fingerprint density at radius 2 is 1.94 bits per heavy atom. The molecule has 7 nitrogen and oxygen atoms in total. The maximum atomic E-state index is 12.9. The lowest BCUT2D eigenvalue weighted by atomic mass is 9.86. The van der Waals surface area contributed by atoms with Crippen LogP contribution in [-0.4, -0.2) is 41.5 Å². The molecule has 1 saturated carbocycles. The summed E-state index contributed by atoms with van der Waals surface area (Å²) in [4.78, 5) is 16.0. The van der Waals surface area contributed by atoms with Gasteiger partial charge < -0.3 is 14.8 Å². The summed E-state index contributed by atoms with van der Waals surface area (Å²) in [5.74, 6) is 0.169. The first kappa shape index (κ1) is 23.0. The number of amides is 1. The molecule has 4 rings (SSSR count). The molecule has 2 heterocycles. The number of hydrogen-bond acceptors (Lipinski definition) is 5. The van der Waals surface area contributed by atoms with Crippen molar-refractivity contribution in [1.82, 2.24) is 14.8 Å². The molecule has 2 aromatic heterocycles. The Labute approximate surface area is 188 Å². The summed E-state index contributed by atoms with van der Waals surface area (Å²) in [5.41, 5.74) is -0.423. The first-order valence-electron chi connectivity index (χ1n) is 10.7. The number of anilines is 1. The number of nitrogens with zero attached hydrogens (tertiary/aromatic N) is 3. The Morgan fingerprint density at radius 3 is 2.61 bits per heavy atom. The molecule has 1 amide bonds. The first-order chi connectivity index (χ1) is 15.8. The third kappa shape index (κ3) is 5.11. The standard InChI is InChI=1S/C23H25F3N4O3/c1-32-13-14-6-8-16(9-7-14)30-12-15-10-19(20(33-2)11-18(15)29-30)28-22(31)17-4-3-5-21(27-17)23(24,25)26/h3-5,10-12,14,16H,6-9,13H2,1-2H3,(H,28,31)/t14-,16-. The van der Waals surface area contributed by atoms with Gasteiger partial charge in [0.1, 0.15) is 17.1 Å².